The van der Waals surface area contributed by atoms with Crippen molar-refractivity contribution >= 4 is 23.2 Å². The van der Waals surface area contributed by atoms with E-state index in [1.54, 1.807) is 24.4 Å². The number of nitrogens with zero attached hydrogens (tertiary/aromatic N) is 2. The number of halogens is 1. The Hall–Kier alpha value is -3.10. The van der Waals surface area contributed by atoms with Crippen molar-refractivity contribution in [2.75, 3.05) is 5.32 Å². The molecule has 0 aliphatic heterocycles. The maximum absolute atomic E-state index is 12.1. The van der Waals surface area contributed by atoms with Gasteiger partial charge in [-0.2, -0.15) is 5.26 Å². The summed E-state index contributed by atoms with van der Waals surface area (Å²) in [6, 6.07) is 16.4. The highest BCUT2D eigenvalue weighted by Gasteiger charge is 2.10. The highest BCUT2D eigenvalue weighted by atomic mass is 35.5. The Balaban J connectivity index is 1.58. The molecule has 6 heteroatoms. The number of carbonyl (C=O) groups is 1. The van der Waals surface area contributed by atoms with Gasteiger partial charge in [-0.3, -0.25) is 4.79 Å². The minimum absolute atomic E-state index is 0.189. The standard InChI is InChI=1S/C19H14ClN3O2/c20-16-7-6-15(10-14(16)11-21)23-18(24)8-9-19-22-12-17(25-19)13-4-2-1-3-5-13/h1-7,10,12H,8-9H2,(H,23,24). The number of hydrogen-bond donors (Lipinski definition) is 1. The number of nitriles is 1. The number of hydrogen-bond acceptors (Lipinski definition) is 4. The first kappa shape index (κ1) is 16.7. The molecule has 0 unspecified atom stereocenters. The molecule has 3 rings (SSSR count). The Morgan fingerprint density at radius 3 is 2.80 bits per heavy atom. The first-order valence-corrected chi connectivity index (χ1v) is 8.03. The summed E-state index contributed by atoms with van der Waals surface area (Å²) in [6.07, 6.45) is 2.26. The number of oxazole rings is 1. The van der Waals surface area contributed by atoms with Crippen LogP contribution in [0, 0.1) is 11.3 Å². The van der Waals surface area contributed by atoms with Crippen LogP contribution in [0.25, 0.3) is 11.3 Å². The Bertz CT molecular complexity index is 929. The summed E-state index contributed by atoms with van der Waals surface area (Å²) in [4.78, 5) is 16.3. The van der Waals surface area contributed by atoms with E-state index in [0.29, 0.717) is 34.3 Å². The predicted molar refractivity (Wildman–Crippen MR) is 95.1 cm³/mol. The van der Waals surface area contributed by atoms with Crippen LogP contribution in [0.3, 0.4) is 0 Å². The van der Waals surface area contributed by atoms with E-state index in [9.17, 15) is 4.79 Å². The number of nitrogens with one attached hydrogen (secondary N) is 1. The summed E-state index contributed by atoms with van der Waals surface area (Å²) in [5.41, 5.74) is 1.79. The van der Waals surface area contributed by atoms with Crippen molar-refractivity contribution < 1.29 is 9.21 Å². The van der Waals surface area contributed by atoms with Gasteiger partial charge in [0, 0.05) is 24.1 Å². The van der Waals surface area contributed by atoms with Crippen LogP contribution in [0.1, 0.15) is 17.9 Å². The number of aryl methyl sites for hydroxylation is 1. The van der Waals surface area contributed by atoms with E-state index in [4.69, 9.17) is 21.3 Å². The van der Waals surface area contributed by atoms with Gasteiger partial charge in [0.25, 0.3) is 0 Å². The third-order valence-corrected chi connectivity index (χ3v) is 3.88. The topological polar surface area (TPSA) is 78.9 Å². The molecule has 2 aromatic carbocycles. The van der Waals surface area contributed by atoms with Crippen molar-refractivity contribution in [3.8, 4) is 17.4 Å². The van der Waals surface area contributed by atoms with Crippen LogP contribution < -0.4 is 5.32 Å². The fourth-order valence-corrected chi connectivity index (χ4v) is 2.45. The molecule has 124 valence electrons. The van der Waals surface area contributed by atoms with Crippen LogP contribution in [-0.2, 0) is 11.2 Å². The lowest BCUT2D eigenvalue weighted by molar-refractivity contribution is -0.116. The lowest BCUT2D eigenvalue weighted by atomic mass is 10.2. The molecule has 5 nitrogen and oxygen atoms in total. The summed E-state index contributed by atoms with van der Waals surface area (Å²) in [7, 11) is 0. The highest BCUT2D eigenvalue weighted by Crippen LogP contribution is 2.21. The number of anilines is 1. The Morgan fingerprint density at radius 2 is 2.04 bits per heavy atom. The van der Waals surface area contributed by atoms with Crippen molar-refractivity contribution in [2.45, 2.75) is 12.8 Å². The molecular weight excluding hydrogens is 338 g/mol. The Morgan fingerprint density at radius 1 is 1.24 bits per heavy atom. The highest BCUT2D eigenvalue weighted by molar-refractivity contribution is 6.31. The molecule has 1 amide bonds. The zero-order chi connectivity index (χ0) is 17.6. The third kappa shape index (κ3) is 4.25. The molecule has 3 aromatic rings. The molecule has 0 spiro atoms. The molecule has 1 aromatic heterocycles. The van der Waals surface area contributed by atoms with Crippen molar-refractivity contribution in [1.82, 2.24) is 4.98 Å². The molecule has 0 bridgehead atoms. The third-order valence-electron chi connectivity index (χ3n) is 3.55. The molecule has 0 saturated heterocycles. The molecule has 0 fully saturated rings. The van der Waals surface area contributed by atoms with Crippen molar-refractivity contribution in [1.29, 1.82) is 5.26 Å². The van der Waals surface area contributed by atoms with Gasteiger partial charge in [0.15, 0.2) is 11.7 Å². The Labute approximate surface area is 149 Å². The summed E-state index contributed by atoms with van der Waals surface area (Å²) in [6.45, 7) is 0. The molecule has 1 heterocycles. The molecule has 0 aliphatic carbocycles. The first-order valence-electron chi connectivity index (χ1n) is 7.65. The maximum atomic E-state index is 12.1. The number of rotatable bonds is 5. The predicted octanol–water partition coefficient (Wildman–Crippen LogP) is 4.44. The number of benzene rings is 2. The molecule has 0 saturated carbocycles. The Kier molecular flexibility index (Phi) is 5.12. The van der Waals surface area contributed by atoms with Gasteiger partial charge in [0.2, 0.25) is 5.91 Å². The van der Waals surface area contributed by atoms with Crippen LogP contribution in [0.15, 0.2) is 59.1 Å². The summed E-state index contributed by atoms with van der Waals surface area (Å²) in [5, 5.41) is 12.0. The van der Waals surface area contributed by atoms with E-state index in [1.807, 2.05) is 36.4 Å². The maximum Gasteiger partial charge on any atom is 0.224 e. The zero-order valence-electron chi connectivity index (χ0n) is 13.2. The van der Waals surface area contributed by atoms with Gasteiger partial charge >= 0.3 is 0 Å². The van der Waals surface area contributed by atoms with E-state index in [-0.39, 0.29) is 12.3 Å². The van der Waals surface area contributed by atoms with Crippen molar-refractivity contribution in [3.63, 3.8) is 0 Å². The van der Waals surface area contributed by atoms with Gasteiger partial charge in [-0.1, -0.05) is 41.9 Å². The van der Waals surface area contributed by atoms with E-state index in [1.165, 1.54) is 0 Å². The molecular formula is C19H14ClN3O2. The van der Waals surface area contributed by atoms with Gasteiger partial charge in [-0.05, 0) is 18.2 Å². The zero-order valence-corrected chi connectivity index (χ0v) is 14.0. The molecule has 0 atom stereocenters. The van der Waals surface area contributed by atoms with Gasteiger partial charge in [0.1, 0.15) is 6.07 Å². The number of carbonyl (C=O) groups excluding carboxylic acids is 1. The summed E-state index contributed by atoms with van der Waals surface area (Å²) >= 11 is 5.87. The lowest BCUT2D eigenvalue weighted by Crippen LogP contribution is -2.12. The molecule has 1 N–H and O–H groups in total. The normalized spacial score (nSPS) is 10.2. The van der Waals surface area contributed by atoms with Crippen molar-refractivity contribution in [2.24, 2.45) is 0 Å². The minimum atomic E-state index is -0.189. The van der Waals surface area contributed by atoms with E-state index >= 15 is 0 Å². The van der Waals surface area contributed by atoms with Crippen LogP contribution >= 0.6 is 11.6 Å². The van der Waals surface area contributed by atoms with E-state index < -0.39 is 0 Å². The largest absolute Gasteiger partial charge is 0.441 e. The number of aromatic nitrogens is 1. The lowest BCUT2D eigenvalue weighted by Gasteiger charge is -2.05. The smallest absolute Gasteiger partial charge is 0.224 e. The minimum Gasteiger partial charge on any atom is -0.441 e. The van der Waals surface area contributed by atoms with Crippen LogP contribution in [0.2, 0.25) is 5.02 Å². The van der Waals surface area contributed by atoms with Crippen LogP contribution in [0.5, 0.6) is 0 Å². The van der Waals surface area contributed by atoms with Gasteiger partial charge in [-0.25, -0.2) is 4.98 Å². The molecule has 0 aliphatic rings. The van der Waals surface area contributed by atoms with Crippen molar-refractivity contribution in [3.05, 3.63) is 71.2 Å². The average molecular weight is 352 g/mol. The van der Waals surface area contributed by atoms with Gasteiger partial charge < -0.3 is 9.73 Å². The quantitative estimate of drug-likeness (QED) is 0.737. The van der Waals surface area contributed by atoms with E-state index in [2.05, 4.69) is 10.3 Å². The van der Waals surface area contributed by atoms with E-state index in [0.717, 1.165) is 5.56 Å². The fourth-order valence-electron chi connectivity index (χ4n) is 2.29. The average Bonchev–Trinajstić information content (AvgIpc) is 3.11. The summed E-state index contributed by atoms with van der Waals surface area (Å²) in [5.74, 6) is 0.987. The SMILES string of the molecule is N#Cc1cc(NC(=O)CCc2ncc(-c3ccccc3)o2)ccc1Cl. The monoisotopic (exact) mass is 351 g/mol. The second-order valence-corrected chi connectivity index (χ2v) is 5.75. The molecule has 0 radical (unpaired) electrons. The first-order chi connectivity index (χ1) is 12.2. The van der Waals surface area contributed by atoms with Gasteiger partial charge in [0.05, 0.1) is 16.8 Å². The van der Waals surface area contributed by atoms with Crippen LogP contribution in [0.4, 0.5) is 5.69 Å². The second kappa shape index (κ2) is 7.65. The van der Waals surface area contributed by atoms with Crippen LogP contribution in [-0.4, -0.2) is 10.9 Å². The number of amides is 1. The second-order valence-electron chi connectivity index (χ2n) is 5.34. The summed E-state index contributed by atoms with van der Waals surface area (Å²) < 4.78 is 5.67. The fraction of sp³-hybridized carbons (Fsp3) is 0.105. The van der Waals surface area contributed by atoms with Gasteiger partial charge in [-0.15, -0.1) is 0 Å². The molecule has 25 heavy (non-hydrogen) atoms.